The highest BCUT2D eigenvalue weighted by atomic mass is 35.5. The van der Waals surface area contributed by atoms with E-state index < -0.39 is 5.60 Å². The molecule has 2 heterocycles. The first-order valence-corrected chi connectivity index (χ1v) is 12.3. The number of rotatable bonds is 9. The highest BCUT2D eigenvalue weighted by Gasteiger charge is 2.16. The summed E-state index contributed by atoms with van der Waals surface area (Å²) in [6.07, 6.45) is 2.26. The van der Waals surface area contributed by atoms with Crippen LogP contribution in [0.1, 0.15) is 46.6 Å². The molecule has 0 aliphatic carbocycles. The second-order valence-electron chi connectivity index (χ2n) is 9.80. The van der Waals surface area contributed by atoms with E-state index in [4.69, 9.17) is 25.6 Å². The first-order chi connectivity index (χ1) is 17.1. The molecule has 9 heteroatoms. The lowest BCUT2D eigenvalue weighted by molar-refractivity contribution is -0.154. The van der Waals surface area contributed by atoms with Gasteiger partial charge in [-0.2, -0.15) is 4.98 Å². The van der Waals surface area contributed by atoms with Crippen LogP contribution in [0.2, 0.25) is 5.02 Å². The van der Waals surface area contributed by atoms with Gasteiger partial charge in [0.25, 0.3) is 11.8 Å². The normalized spacial score (nSPS) is 11.9. The van der Waals surface area contributed by atoms with Gasteiger partial charge in [-0.3, -0.25) is 9.36 Å². The number of carbonyl (C=O) groups excluding carboxylic acids is 1. The second-order valence-corrected chi connectivity index (χ2v) is 10.2. The smallest absolute Gasteiger partial charge is 0.307 e. The molecule has 190 valence electrons. The molecule has 0 radical (unpaired) electrons. The van der Waals surface area contributed by atoms with Gasteiger partial charge in [0.2, 0.25) is 0 Å². The zero-order valence-electron chi connectivity index (χ0n) is 21.2. The van der Waals surface area contributed by atoms with Crippen molar-refractivity contribution in [3.63, 3.8) is 0 Å². The van der Waals surface area contributed by atoms with E-state index >= 15 is 0 Å². The van der Waals surface area contributed by atoms with Gasteiger partial charge in [0.05, 0.1) is 23.1 Å². The molecule has 4 rings (SSSR count). The average molecular weight is 511 g/mol. The van der Waals surface area contributed by atoms with Crippen LogP contribution in [0.25, 0.3) is 28.3 Å². The predicted octanol–water partition coefficient (Wildman–Crippen LogP) is 5.94. The molecule has 0 spiro atoms. The standard InChI is InChI=1S/C27H31ClN4O4/c1-17(2)34-23-9-7-20(15-21(23)28)25-30-26(31-36-25)32-13-11-19-14-18(6-8-22(19)32)16-29-12-10-24(33)35-27(3,4)5/h6-9,11,13-15,17,29H,10,12,16H2,1-5H3. The number of benzene rings is 2. The Morgan fingerprint density at radius 3 is 2.69 bits per heavy atom. The van der Waals surface area contributed by atoms with Crippen LogP contribution in [0.5, 0.6) is 5.75 Å². The minimum absolute atomic E-state index is 0.0268. The van der Waals surface area contributed by atoms with Crippen molar-refractivity contribution in [1.82, 2.24) is 20.0 Å². The van der Waals surface area contributed by atoms with E-state index in [0.29, 0.717) is 47.7 Å². The van der Waals surface area contributed by atoms with Crippen LogP contribution in [-0.2, 0) is 16.1 Å². The van der Waals surface area contributed by atoms with Gasteiger partial charge in [-0.15, -0.1) is 0 Å². The van der Waals surface area contributed by atoms with Crippen molar-refractivity contribution in [2.75, 3.05) is 6.54 Å². The summed E-state index contributed by atoms with van der Waals surface area (Å²) in [5.41, 5.74) is 2.32. The van der Waals surface area contributed by atoms with Gasteiger partial charge >= 0.3 is 5.97 Å². The van der Waals surface area contributed by atoms with Crippen LogP contribution >= 0.6 is 11.6 Å². The fourth-order valence-corrected chi connectivity index (χ4v) is 3.93. The molecule has 2 aromatic heterocycles. The molecule has 0 saturated heterocycles. The molecule has 0 bridgehead atoms. The summed E-state index contributed by atoms with van der Waals surface area (Å²) in [5.74, 6) is 1.21. The number of fused-ring (bicyclic) bond motifs is 1. The lowest BCUT2D eigenvalue weighted by Crippen LogP contribution is -2.26. The molecule has 4 aromatic rings. The van der Waals surface area contributed by atoms with E-state index in [1.54, 1.807) is 12.1 Å². The summed E-state index contributed by atoms with van der Waals surface area (Å²) in [4.78, 5) is 16.4. The molecular weight excluding hydrogens is 480 g/mol. The molecule has 1 N–H and O–H groups in total. The highest BCUT2D eigenvalue weighted by molar-refractivity contribution is 6.32. The largest absolute Gasteiger partial charge is 0.489 e. The second kappa shape index (κ2) is 10.7. The van der Waals surface area contributed by atoms with E-state index in [0.717, 1.165) is 16.5 Å². The maximum atomic E-state index is 11.8. The fraction of sp³-hybridized carbons (Fsp3) is 0.370. The summed E-state index contributed by atoms with van der Waals surface area (Å²) in [5, 5.41) is 8.98. The topological polar surface area (TPSA) is 91.4 Å². The molecule has 2 aromatic carbocycles. The lowest BCUT2D eigenvalue weighted by atomic mass is 10.1. The van der Waals surface area contributed by atoms with E-state index in [1.807, 2.05) is 69.6 Å². The summed E-state index contributed by atoms with van der Waals surface area (Å²) in [6.45, 7) is 10.7. The van der Waals surface area contributed by atoms with Crippen molar-refractivity contribution in [3.8, 4) is 23.2 Å². The molecule has 0 aliphatic heterocycles. The van der Waals surface area contributed by atoms with Crippen LogP contribution in [-0.4, -0.2) is 38.9 Å². The molecule has 0 unspecified atom stereocenters. The predicted molar refractivity (Wildman–Crippen MR) is 140 cm³/mol. The SMILES string of the molecule is CC(C)Oc1ccc(-c2nc(-n3ccc4cc(CNCCC(=O)OC(C)(C)C)ccc43)no2)cc1Cl. The van der Waals surface area contributed by atoms with Crippen molar-refractivity contribution in [3.05, 3.63) is 59.2 Å². The zero-order valence-corrected chi connectivity index (χ0v) is 21.9. The summed E-state index contributed by atoms with van der Waals surface area (Å²) < 4.78 is 18.4. The van der Waals surface area contributed by atoms with Gasteiger partial charge in [-0.25, -0.2) is 0 Å². The van der Waals surface area contributed by atoms with Crippen molar-refractivity contribution in [2.24, 2.45) is 0 Å². The summed E-state index contributed by atoms with van der Waals surface area (Å²) in [6, 6.07) is 13.6. The van der Waals surface area contributed by atoms with Gasteiger partial charge in [-0.05, 0) is 81.7 Å². The van der Waals surface area contributed by atoms with Crippen LogP contribution in [0.15, 0.2) is 53.2 Å². The Kier molecular flexibility index (Phi) is 7.66. The third-order valence-electron chi connectivity index (χ3n) is 5.18. The van der Waals surface area contributed by atoms with E-state index in [9.17, 15) is 4.79 Å². The van der Waals surface area contributed by atoms with E-state index in [1.165, 1.54) is 0 Å². The van der Waals surface area contributed by atoms with Crippen LogP contribution in [0.3, 0.4) is 0 Å². The quantitative estimate of drug-likeness (QED) is 0.220. The number of nitrogens with zero attached hydrogens (tertiary/aromatic N) is 3. The Balaban J connectivity index is 1.41. The number of carbonyl (C=O) groups is 1. The van der Waals surface area contributed by atoms with Gasteiger partial charge in [0, 0.05) is 30.2 Å². The number of halogens is 1. The molecular formula is C27H31ClN4O4. The summed E-state index contributed by atoms with van der Waals surface area (Å²) >= 11 is 6.36. The van der Waals surface area contributed by atoms with Crippen molar-refractivity contribution < 1.29 is 18.8 Å². The number of ether oxygens (including phenoxy) is 2. The number of aromatic nitrogens is 3. The van der Waals surface area contributed by atoms with Gasteiger partial charge < -0.3 is 19.3 Å². The van der Waals surface area contributed by atoms with Crippen LogP contribution < -0.4 is 10.1 Å². The lowest BCUT2D eigenvalue weighted by Gasteiger charge is -2.19. The maximum Gasteiger partial charge on any atom is 0.307 e. The Morgan fingerprint density at radius 1 is 1.17 bits per heavy atom. The highest BCUT2D eigenvalue weighted by Crippen LogP contribution is 2.31. The Hall–Kier alpha value is -3.36. The van der Waals surface area contributed by atoms with Crippen molar-refractivity contribution >= 4 is 28.5 Å². The third kappa shape index (κ3) is 6.44. The summed E-state index contributed by atoms with van der Waals surface area (Å²) in [7, 11) is 0. The Bertz CT molecular complexity index is 1350. The number of hydrogen-bond acceptors (Lipinski definition) is 7. The Morgan fingerprint density at radius 2 is 1.97 bits per heavy atom. The molecule has 0 saturated carbocycles. The minimum atomic E-state index is -0.463. The first kappa shape index (κ1) is 25.7. The molecule has 8 nitrogen and oxygen atoms in total. The van der Waals surface area contributed by atoms with Crippen molar-refractivity contribution in [1.29, 1.82) is 0 Å². The van der Waals surface area contributed by atoms with Gasteiger partial charge in [0.15, 0.2) is 0 Å². The minimum Gasteiger partial charge on any atom is -0.489 e. The Labute approximate surface area is 215 Å². The fourth-order valence-electron chi connectivity index (χ4n) is 3.71. The molecule has 0 fully saturated rings. The van der Waals surface area contributed by atoms with Crippen LogP contribution in [0.4, 0.5) is 0 Å². The maximum absolute atomic E-state index is 11.8. The average Bonchev–Trinajstić information content (AvgIpc) is 3.43. The number of nitrogens with one attached hydrogen (secondary N) is 1. The molecule has 36 heavy (non-hydrogen) atoms. The molecule has 0 atom stereocenters. The first-order valence-electron chi connectivity index (χ1n) is 11.9. The van der Waals surface area contributed by atoms with Crippen molar-refractivity contribution in [2.45, 2.75) is 59.3 Å². The monoisotopic (exact) mass is 510 g/mol. The van der Waals surface area contributed by atoms with E-state index in [-0.39, 0.29) is 12.1 Å². The molecule has 0 aliphatic rings. The molecule has 0 amide bonds. The third-order valence-corrected chi connectivity index (χ3v) is 5.48. The number of hydrogen-bond donors (Lipinski definition) is 1. The number of esters is 1. The van der Waals surface area contributed by atoms with Crippen LogP contribution in [0, 0.1) is 0 Å². The van der Waals surface area contributed by atoms with Gasteiger partial charge in [0.1, 0.15) is 11.4 Å². The van der Waals surface area contributed by atoms with Gasteiger partial charge in [-0.1, -0.05) is 17.7 Å². The zero-order chi connectivity index (χ0) is 25.9. The van der Waals surface area contributed by atoms with E-state index in [2.05, 4.69) is 21.5 Å².